The van der Waals surface area contributed by atoms with Gasteiger partial charge in [-0.1, -0.05) is 35.9 Å². The lowest BCUT2D eigenvalue weighted by Gasteiger charge is -2.49. The van der Waals surface area contributed by atoms with E-state index in [4.69, 9.17) is 26.3 Å². The number of alkyl halides is 2. The fraction of sp³-hybridized carbons (Fsp3) is 0.455. The van der Waals surface area contributed by atoms with E-state index < -0.39 is 18.0 Å². The predicted octanol–water partition coefficient (Wildman–Crippen LogP) is 3.42. The minimum Gasteiger partial charge on any atom is -0.462 e. The van der Waals surface area contributed by atoms with Crippen LogP contribution in [0.5, 0.6) is 6.01 Å². The molecule has 46 heavy (non-hydrogen) atoms. The van der Waals surface area contributed by atoms with Gasteiger partial charge in [0.15, 0.2) is 0 Å². The summed E-state index contributed by atoms with van der Waals surface area (Å²) in [5.74, 6) is 0.454. The van der Waals surface area contributed by atoms with Crippen LogP contribution < -0.4 is 14.5 Å². The highest BCUT2D eigenvalue weighted by Crippen LogP contribution is 2.38. The number of allylic oxidation sites excluding steroid dienone is 1. The maximum Gasteiger partial charge on any atom is 0.318 e. The van der Waals surface area contributed by atoms with Crippen molar-refractivity contribution in [3.63, 3.8) is 0 Å². The topological polar surface area (TPSA) is 88.8 Å². The van der Waals surface area contributed by atoms with Crippen molar-refractivity contribution in [3.05, 3.63) is 64.8 Å². The van der Waals surface area contributed by atoms with Gasteiger partial charge in [-0.2, -0.15) is 15.2 Å². The molecule has 3 aliphatic rings. The second-order valence-corrected chi connectivity index (χ2v) is 14.8. The highest BCUT2D eigenvalue weighted by Gasteiger charge is 2.41. The van der Waals surface area contributed by atoms with Crippen LogP contribution in [-0.4, -0.2) is 106 Å². The second-order valence-electron chi connectivity index (χ2n) is 12.6. The molecule has 1 aromatic heterocycles. The number of hydrogen-bond donors (Lipinski definition) is 0. The van der Waals surface area contributed by atoms with Crippen molar-refractivity contribution >= 4 is 50.0 Å². The monoisotopic (exact) mass is 665 g/mol. The Balaban J connectivity index is 1.34. The van der Waals surface area contributed by atoms with E-state index in [0.29, 0.717) is 60.8 Å². The number of ether oxygens (including phenoxy) is 1. The predicted molar refractivity (Wildman–Crippen MR) is 179 cm³/mol. The van der Waals surface area contributed by atoms with E-state index in [1.54, 1.807) is 4.90 Å². The molecule has 3 atom stereocenters. The van der Waals surface area contributed by atoms with Crippen LogP contribution in [0.3, 0.4) is 0 Å². The van der Waals surface area contributed by atoms with Gasteiger partial charge in [0.05, 0.1) is 34.9 Å². The Morgan fingerprint density at radius 1 is 1.22 bits per heavy atom. The highest BCUT2D eigenvalue weighted by atomic mass is 35.5. The number of carbonyl (C=O) groups excluding carboxylic acids is 1. The van der Waals surface area contributed by atoms with Gasteiger partial charge in [-0.05, 0) is 43.5 Å². The normalized spacial score (nSPS) is 23.7. The Bertz CT molecular complexity index is 1680. The summed E-state index contributed by atoms with van der Waals surface area (Å²) in [4.78, 5) is 30.9. The van der Waals surface area contributed by atoms with E-state index in [-0.39, 0.29) is 31.0 Å². The first kappa shape index (κ1) is 32.2. The van der Waals surface area contributed by atoms with Crippen molar-refractivity contribution in [1.82, 2.24) is 19.8 Å². The SMILES string of the molecule is CN1C[C@H](F)C[C@H]1COc1nc2c(c(N3CCN(C(=O)/C=C/CF)[C@]([SiH3])(CC#N)C3)n1)CCN(c1cccc3cccc(Cl)c13)C2. The standard InChI is InChI=1S/C33H38ClF2N7O2Si/c1-40-18-23(36)17-24(40)20-45-32-38-27-19-41(28-8-3-6-22-5-2-7-26(34)30(22)28)14-10-25(27)31(39-32)42-15-16-43(29(44)9-4-12-35)33(46,21-42)11-13-37/h2-9,23-24H,10-12,14-21H2,1,46H3/b9-4+/t23-,24+,33+/m1/s1. The Labute approximate surface area is 275 Å². The van der Waals surface area contributed by atoms with E-state index in [0.717, 1.165) is 40.1 Å². The minimum absolute atomic E-state index is 0.0794. The molecule has 6 rings (SSSR count). The first-order valence-electron chi connectivity index (χ1n) is 15.7. The summed E-state index contributed by atoms with van der Waals surface area (Å²) in [6.45, 7) is 2.43. The summed E-state index contributed by atoms with van der Waals surface area (Å²) in [6, 6.07) is 14.5. The number of nitrogens with zero attached hydrogens (tertiary/aromatic N) is 7. The maximum absolute atomic E-state index is 14.1. The smallest absolute Gasteiger partial charge is 0.318 e. The maximum atomic E-state index is 14.1. The summed E-state index contributed by atoms with van der Waals surface area (Å²) in [5, 5.41) is 11.8. The van der Waals surface area contributed by atoms with Crippen molar-refractivity contribution in [2.24, 2.45) is 0 Å². The molecule has 0 aliphatic carbocycles. The van der Waals surface area contributed by atoms with Gasteiger partial charge >= 0.3 is 6.01 Å². The number of fused-ring (bicyclic) bond motifs is 2. The molecule has 0 spiro atoms. The van der Waals surface area contributed by atoms with Gasteiger partial charge in [0.1, 0.15) is 25.3 Å². The molecule has 2 aromatic carbocycles. The fourth-order valence-electron chi connectivity index (χ4n) is 7.02. The molecule has 3 aromatic rings. The Morgan fingerprint density at radius 2 is 2.02 bits per heavy atom. The highest BCUT2D eigenvalue weighted by molar-refractivity contribution is 6.36. The molecule has 1 amide bonds. The molecule has 13 heteroatoms. The Morgan fingerprint density at radius 3 is 2.76 bits per heavy atom. The first-order valence-corrected chi connectivity index (χ1v) is 17.0. The number of aromatic nitrogens is 2. The number of halogens is 3. The van der Waals surface area contributed by atoms with Gasteiger partial charge in [-0.25, -0.2) is 8.78 Å². The molecular weight excluding hydrogens is 628 g/mol. The van der Waals surface area contributed by atoms with Crippen LogP contribution >= 0.6 is 11.6 Å². The molecule has 0 bridgehead atoms. The van der Waals surface area contributed by atoms with Gasteiger partial charge in [0, 0.05) is 71.7 Å². The Hall–Kier alpha value is -3.79. The number of rotatable bonds is 8. The molecule has 0 unspecified atom stereocenters. The van der Waals surface area contributed by atoms with Crippen LogP contribution in [0.2, 0.25) is 5.02 Å². The molecule has 242 valence electrons. The van der Waals surface area contributed by atoms with Gasteiger partial charge in [0.25, 0.3) is 0 Å². The van der Waals surface area contributed by atoms with Crippen LogP contribution in [0.1, 0.15) is 24.1 Å². The average Bonchev–Trinajstić information content (AvgIpc) is 3.37. The number of amides is 1. The van der Waals surface area contributed by atoms with Crippen molar-refractivity contribution in [2.75, 3.05) is 62.9 Å². The quantitative estimate of drug-likeness (QED) is 0.267. The van der Waals surface area contributed by atoms with E-state index >= 15 is 0 Å². The van der Waals surface area contributed by atoms with E-state index in [2.05, 4.69) is 34.1 Å². The summed E-state index contributed by atoms with van der Waals surface area (Å²) in [5.41, 5.74) is 2.87. The number of anilines is 2. The molecule has 0 radical (unpaired) electrons. The lowest BCUT2D eigenvalue weighted by Crippen LogP contribution is -2.64. The number of likely N-dealkylation sites (tertiary alicyclic amines) is 1. The molecule has 9 nitrogen and oxygen atoms in total. The summed E-state index contributed by atoms with van der Waals surface area (Å²) in [7, 11) is 2.42. The van der Waals surface area contributed by atoms with Gasteiger partial charge in [-0.3, -0.25) is 9.69 Å². The zero-order chi connectivity index (χ0) is 32.4. The van der Waals surface area contributed by atoms with Crippen molar-refractivity contribution < 1.29 is 18.3 Å². The number of benzene rings is 2. The summed E-state index contributed by atoms with van der Waals surface area (Å²) < 4.78 is 33.1. The second kappa shape index (κ2) is 13.5. The number of hydrogen-bond acceptors (Lipinski definition) is 8. The van der Waals surface area contributed by atoms with E-state index in [1.807, 2.05) is 30.1 Å². The number of likely N-dealkylation sites (N-methyl/N-ethyl adjacent to an activating group) is 1. The van der Waals surface area contributed by atoms with Crippen LogP contribution in [0, 0.1) is 11.3 Å². The van der Waals surface area contributed by atoms with E-state index in [1.165, 1.54) is 12.2 Å². The first-order chi connectivity index (χ1) is 22.2. The molecule has 2 fully saturated rings. The van der Waals surface area contributed by atoms with Crippen LogP contribution in [0.15, 0.2) is 48.6 Å². The summed E-state index contributed by atoms with van der Waals surface area (Å²) in [6.07, 6.45) is 2.80. The van der Waals surface area contributed by atoms with Crippen LogP contribution in [-0.2, 0) is 17.8 Å². The third kappa shape index (κ3) is 6.41. The molecule has 3 aliphatic heterocycles. The van der Waals surface area contributed by atoms with Crippen LogP contribution in [0.4, 0.5) is 20.3 Å². The molecule has 0 saturated carbocycles. The largest absolute Gasteiger partial charge is 0.462 e. The lowest BCUT2D eigenvalue weighted by atomic mass is 10.0. The third-order valence-corrected chi connectivity index (χ3v) is 10.9. The molecule has 2 saturated heterocycles. The zero-order valence-corrected chi connectivity index (χ0v) is 28.9. The molecular formula is C33H38ClF2N7O2Si. The Kier molecular flexibility index (Phi) is 9.45. The number of carbonyl (C=O) groups is 1. The minimum atomic E-state index is -0.888. The lowest BCUT2D eigenvalue weighted by molar-refractivity contribution is -0.129. The average molecular weight is 666 g/mol. The fourth-order valence-corrected chi connectivity index (χ4v) is 8.28. The van der Waals surface area contributed by atoms with Crippen molar-refractivity contribution in [2.45, 2.75) is 43.2 Å². The van der Waals surface area contributed by atoms with Gasteiger partial charge in [-0.15, -0.1) is 0 Å². The number of piperazine rings is 1. The van der Waals surface area contributed by atoms with Crippen molar-refractivity contribution in [3.8, 4) is 12.1 Å². The van der Waals surface area contributed by atoms with Crippen LogP contribution in [0.25, 0.3) is 10.8 Å². The van der Waals surface area contributed by atoms with Gasteiger partial charge in [0.2, 0.25) is 5.91 Å². The van der Waals surface area contributed by atoms with Crippen molar-refractivity contribution in [1.29, 1.82) is 5.26 Å². The molecule has 4 heterocycles. The van der Waals surface area contributed by atoms with E-state index in [9.17, 15) is 18.8 Å². The zero-order valence-electron chi connectivity index (χ0n) is 26.1. The van der Waals surface area contributed by atoms with Gasteiger partial charge < -0.3 is 19.4 Å². The molecule has 0 N–H and O–H groups in total. The summed E-state index contributed by atoms with van der Waals surface area (Å²) >= 11 is 6.69. The number of nitriles is 1. The third-order valence-electron chi connectivity index (χ3n) is 9.39.